The van der Waals surface area contributed by atoms with Gasteiger partial charge in [-0.15, -0.1) is 0 Å². The van der Waals surface area contributed by atoms with Crippen molar-refractivity contribution in [2.45, 2.75) is 58.9 Å². The van der Waals surface area contributed by atoms with Gasteiger partial charge in [0, 0.05) is 6.04 Å². The van der Waals surface area contributed by atoms with Crippen LogP contribution in [0.5, 0.6) is 0 Å². The van der Waals surface area contributed by atoms with Crippen LogP contribution in [0.1, 0.15) is 55.7 Å². The highest BCUT2D eigenvalue weighted by Gasteiger charge is 2.13. The Morgan fingerprint density at radius 1 is 1.19 bits per heavy atom. The van der Waals surface area contributed by atoms with Crippen LogP contribution in [-0.4, -0.2) is 6.04 Å². The van der Waals surface area contributed by atoms with E-state index in [1.807, 2.05) is 0 Å². The van der Waals surface area contributed by atoms with Crippen molar-refractivity contribution in [3.05, 3.63) is 34.9 Å². The minimum absolute atomic E-state index is 0.319. The molecule has 2 unspecified atom stereocenters. The largest absolute Gasteiger partial charge is 0.328 e. The molecular formula is C15H25N. The fourth-order valence-corrected chi connectivity index (χ4v) is 2.26. The summed E-state index contributed by atoms with van der Waals surface area (Å²) in [5.41, 5.74) is 10.2. The van der Waals surface area contributed by atoms with E-state index < -0.39 is 0 Å². The Hall–Kier alpha value is -0.820. The zero-order valence-electron chi connectivity index (χ0n) is 11.1. The van der Waals surface area contributed by atoms with E-state index in [2.05, 4.69) is 45.9 Å². The van der Waals surface area contributed by atoms with Gasteiger partial charge in [0.25, 0.3) is 0 Å². The highest BCUT2D eigenvalue weighted by atomic mass is 14.6. The second-order valence-corrected chi connectivity index (χ2v) is 4.95. The first-order valence-electron chi connectivity index (χ1n) is 6.38. The smallest absolute Gasteiger partial charge is 0.00106 e. The first-order chi connectivity index (χ1) is 7.56. The van der Waals surface area contributed by atoms with E-state index >= 15 is 0 Å². The molecule has 0 bridgehead atoms. The number of aryl methyl sites for hydroxylation is 1. The lowest BCUT2D eigenvalue weighted by Gasteiger charge is -2.20. The van der Waals surface area contributed by atoms with Crippen LogP contribution in [0, 0.1) is 13.8 Å². The fraction of sp³-hybridized carbons (Fsp3) is 0.600. The van der Waals surface area contributed by atoms with Gasteiger partial charge in [0.2, 0.25) is 0 Å². The van der Waals surface area contributed by atoms with Crippen LogP contribution in [-0.2, 0) is 0 Å². The molecule has 0 radical (unpaired) electrons. The lowest BCUT2D eigenvalue weighted by molar-refractivity contribution is 0.530. The average Bonchev–Trinajstić information content (AvgIpc) is 2.24. The Morgan fingerprint density at radius 3 is 2.44 bits per heavy atom. The Labute approximate surface area is 100 Å². The summed E-state index contributed by atoms with van der Waals surface area (Å²) in [6.45, 7) is 8.79. The lowest BCUT2D eigenvalue weighted by Crippen LogP contribution is -2.16. The molecule has 0 heterocycles. The predicted molar refractivity (Wildman–Crippen MR) is 71.8 cm³/mol. The van der Waals surface area contributed by atoms with Gasteiger partial charge in [-0.1, -0.05) is 25.1 Å². The first-order valence-corrected chi connectivity index (χ1v) is 6.38. The molecule has 1 heteroatoms. The molecule has 0 saturated carbocycles. The standard InChI is InChI=1S/C15H25N/c1-5-14(10-9-12(3)16)15-8-6-7-11(2)13(15)4/h6-8,12,14H,5,9-10,16H2,1-4H3. The van der Waals surface area contributed by atoms with Crippen molar-refractivity contribution in [2.75, 3.05) is 0 Å². The van der Waals surface area contributed by atoms with Gasteiger partial charge in [0.1, 0.15) is 0 Å². The Morgan fingerprint density at radius 2 is 1.88 bits per heavy atom. The molecule has 0 aliphatic carbocycles. The van der Waals surface area contributed by atoms with Crippen LogP contribution in [0.2, 0.25) is 0 Å². The van der Waals surface area contributed by atoms with E-state index in [9.17, 15) is 0 Å². The van der Waals surface area contributed by atoms with E-state index in [0.29, 0.717) is 12.0 Å². The highest BCUT2D eigenvalue weighted by molar-refractivity contribution is 5.35. The van der Waals surface area contributed by atoms with Gasteiger partial charge in [-0.25, -0.2) is 0 Å². The molecule has 0 amide bonds. The molecule has 1 aromatic carbocycles. The van der Waals surface area contributed by atoms with Crippen molar-refractivity contribution < 1.29 is 0 Å². The van der Waals surface area contributed by atoms with Gasteiger partial charge in [-0.05, 0) is 62.6 Å². The van der Waals surface area contributed by atoms with Crippen LogP contribution in [0.3, 0.4) is 0 Å². The van der Waals surface area contributed by atoms with Crippen molar-refractivity contribution >= 4 is 0 Å². The van der Waals surface area contributed by atoms with Crippen LogP contribution >= 0.6 is 0 Å². The van der Waals surface area contributed by atoms with Crippen LogP contribution < -0.4 is 5.73 Å². The summed E-state index contributed by atoms with van der Waals surface area (Å²) in [6, 6.07) is 6.96. The molecule has 1 aromatic rings. The molecule has 0 aliphatic heterocycles. The highest BCUT2D eigenvalue weighted by Crippen LogP contribution is 2.29. The van der Waals surface area contributed by atoms with Gasteiger partial charge >= 0.3 is 0 Å². The minimum atomic E-state index is 0.319. The van der Waals surface area contributed by atoms with Gasteiger partial charge in [-0.2, -0.15) is 0 Å². The Kier molecular flexibility index (Phi) is 5.01. The molecule has 2 N–H and O–H groups in total. The van der Waals surface area contributed by atoms with Crippen molar-refractivity contribution in [1.29, 1.82) is 0 Å². The third-order valence-corrected chi connectivity index (χ3v) is 3.55. The van der Waals surface area contributed by atoms with Crippen LogP contribution in [0.15, 0.2) is 18.2 Å². The van der Waals surface area contributed by atoms with Gasteiger partial charge < -0.3 is 5.73 Å². The summed E-state index contributed by atoms with van der Waals surface area (Å²) in [5.74, 6) is 0.672. The third kappa shape index (κ3) is 3.34. The monoisotopic (exact) mass is 219 g/mol. The van der Waals surface area contributed by atoms with Crippen molar-refractivity contribution in [2.24, 2.45) is 5.73 Å². The molecule has 0 fully saturated rings. The van der Waals surface area contributed by atoms with Crippen molar-refractivity contribution in [3.8, 4) is 0 Å². The topological polar surface area (TPSA) is 26.0 Å². The number of rotatable bonds is 5. The number of hydrogen-bond acceptors (Lipinski definition) is 1. The maximum Gasteiger partial charge on any atom is 0.00106 e. The lowest BCUT2D eigenvalue weighted by atomic mass is 9.86. The Bertz CT molecular complexity index is 328. The van der Waals surface area contributed by atoms with Crippen LogP contribution in [0.4, 0.5) is 0 Å². The normalized spacial score (nSPS) is 14.8. The van der Waals surface area contributed by atoms with Crippen molar-refractivity contribution in [3.63, 3.8) is 0 Å². The van der Waals surface area contributed by atoms with Crippen molar-refractivity contribution in [1.82, 2.24) is 0 Å². The Balaban J connectivity index is 2.82. The number of nitrogens with two attached hydrogens (primary N) is 1. The van der Waals surface area contributed by atoms with E-state index in [4.69, 9.17) is 5.73 Å². The molecular weight excluding hydrogens is 194 g/mol. The molecule has 2 atom stereocenters. The van der Waals surface area contributed by atoms with E-state index in [-0.39, 0.29) is 0 Å². The molecule has 1 nitrogen and oxygen atoms in total. The van der Waals surface area contributed by atoms with E-state index in [1.165, 1.54) is 29.5 Å². The second kappa shape index (κ2) is 6.05. The summed E-state index contributed by atoms with van der Waals surface area (Å²) >= 11 is 0. The summed E-state index contributed by atoms with van der Waals surface area (Å²) in [4.78, 5) is 0. The van der Waals surface area contributed by atoms with E-state index in [1.54, 1.807) is 0 Å². The maximum absolute atomic E-state index is 5.84. The second-order valence-electron chi connectivity index (χ2n) is 4.95. The first kappa shape index (κ1) is 13.2. The fourth-order valence-electron chi connectivity index (χ4n) is 2.26. The van der Waals surface area contributed by atoms with Gasteiger partial charge in [-0.3, -0.25) is 0 Å². The summed E-state index contributed by atoms with van der Waals surface area (Å²) < 4.78 is 0. The van der Waals surface area contributed by atoms with E-state index in [0.717, 1.165) is 6.42 Å². The molecule has 0 saturated heterocycles. The quantitative estimate of drug-likeness (QED) is 0.798. The summed E-state index contributed by atoms with van der Waals surface area (Å²) in [5, 5.41) is 0. The van der Waals surface area contributed by atoms with Gasteiger partial charge in [0.15, 0.2) is 0 Å². The molecule has 90 valence electrons. The van der Waals surface area contributed by atoms with Crippen LogP contribution in [0.25, 0.3) is 0 Å². The number of hydrogen-bond donors (Lipinski definition) is 1. The molecule has 0 spiro atoms. The molecule has 0 aliphatic rings. The number of benzene rings is 1. The minimum Gasteiger partial charge on any atom is -0.328 e. The van der Waals surface area contributed by atoms with Gasteiger partial charge in [0.05, 0.1) is 0 Å². The third-order valence-electron chi connectivity index (χ3n) is 3.55. The zero-order valence-corrected chi connectivity index (χ0v) is 11.1. The summed E-state index contributed by atoms with van der Waals surface area (Å²) in [6.07, 6.45) is 3.53. The SMILES string of the molecule is CCC(CCC(C)N)c1cccc(C)c1C. The zero-order chi connectivity index (χ0) is 12.1. The predicted octanol–water partition coefficient (Wildman–Crippen LogP) is 3.92. The average molecular weight is 219 g/mol. The molecule has 1 rings (SSSR count). The summed E-state index contributed by atoms with van der Waals surface area (Å²) in [7, 11) is 0. The molecule has 16 heavy (non-hydrogen) atoms. The molecule has 0 aromatic heterocycles. The maximum atomic E-state index is 5.84.